The second-order valence-corrected chi connectivity index (χ2v) is 12.9. The van der Waals surface area contributed by atoms with Gasteiger partial charge in [0.05, 0.1) is 6.42 Å². The second-order valence-electron chi connectivity index (χ2n) is 12.9. The van der Waals surface area contributed by atoms with E-state index < -0.39 is 47.9 Å². The van der Waals surface area contributed by atoms with Crippen LogP contribution in [0.4, 0.5) is 0 Å². The third-order valence-electron chi connectivity index (χ3n) is 9.72. The van der Waals surface area contributed by atoms with Gasteiger partial charge in [0.25, 0.3) is 0 Å². The fourth-order valence-corrected chi connectivity index (χ4v) is 7.29. The molecular formula is C32H44N2O10. The van der Waals surface area contributed by atoms with Crippen LogP contribution in [0.1, 0.15) is 77.7 Å². The van der Waals surface area contributed by atoms with Gasteiger partial charge in [0.15, 0.2) is 11.9 Å². The maximum Gasteiger partial charge on any atom is 0.326 e. The minimum Gasteiger partial charge on any atom is -0.480 e. The maximum absolute atomic E-state index is 12.8. The first-order chi connectivity index (χ1) is 21.0. The Kier molecular flexibility index (Phi) is 9.93. The van der Waals surface area contributed by atoms with Crippen LogP contribution < -0.4 is 10.6 Å². The van der Waals surface area contributed by atoms with E-state index >= 15 is 0 Å². The predicted molar refractivity (Wildman–Crippen MR) is 154 cm³/mol. The zero-order valence-corrected chi connectivity index (χ0v) is 25.6. The fourth-order valence-electron chi connectivity index (χ4n) is 7.29. The Bertz CT molecular complexity index is 1210. The highest BCUT2D eigenvalue weighted by Gasteiger charge is 2.69. The first-order valence-electron chi connectivity index (χ1n) is 15.7. The number of rotatable bonds is 12. The molecule has 9 atom stereocenters. The van der Waals surface area contributed by atoms with Crippen molar-refractivity contribution in [2.45, 2.75) is 109 Å². The molecule has 4 heterocycles. The van der Waals surface area contributed by atoms with Gasteiger partial charge in [-0.3, -0.25) is 14.4 Å². The summed E-state index contributed by atoms with van der Waals surface area (Å²) in [7, 11) is 0. The molecular weight excluding hydrogens is 572 g/mol. The summed E-state index contributed by atoms with van der Waals surface area (Å²) in [5.74, 6) is -2.86. The molecule has 1 aromatic rings. The van der Waals surface area contributed by atoms with Crippen LogP contribution in [-0.2, 0) is 49.6 Å². The molecule has 1 saturated carbocycles. The third kappa shape index (κ3) is 6.93. The van der Waals surface area contributed by atoms with Crippen molar-refractivity contribution in [3.8, 4) is 0 Å². The highest BCUT2D eigenvalue weighted by Crippen LogP contribution is 2.60. The standard InChI is InChI=1S/C32H44N2O10/c1-19-11-12-23-20(2)29(41-30-32(23)22(19)15-16-31(3,42-30)43-44-32)40-27(37)14-13-25(35)33-17-7-10-26(36)34-24(28(38)39)18-21-8-5-4-6-9-21/h4-6,8-9,19-20,22-24,29-30H,7,10-18H2,1-3H3,(H,33,35)(H,34,36)(H,38,39)/t19-,20-,22+,23+,24+,29-,30+,31+,32-/m1/s1. The van der Waals surface area contributed by atoms with Crippen LogP contribution in [0.5, 0.6) is 0 Å². The Morgan fingerprint density at radius 3 is 2.52 bits per heavy atom. The lowest BCUT2D eigenvalue weighted by Crippen LogP contribution is -2.70. The van der Waals surface area contributed by atoms with E-state index in [2.05, 4.69) is 17.6 Å². The summed E-state index contributed by atoms with van der Waals surface area (Å²) in [4.78, 5) is 60.9. The van der Waals surface area contributed by atoms with E-state index in [-0.39, 0.29) is 55.9 Å². The van der Waals surface area contributed by atoms with Gasteiger partial charge >= 0.3 is 11.9 Å². The number of hydrogen-bond acceptors (Lipinski definition) is 9. The smallest absolute Gasteiger partial charge is 0.326 e. The minimum atomic E-state index is -1.11. The average molecular weight is 617 g/mol. The molecule has 1 aliphatic carbocycles. The van der Waals surface area contributed by atoms with Gasteiger partial charge in [-0.2, -0.15) is 0 Å². The molecule has 2 amide bonds. The summed E-state index contributed by atoms with van der Waals surface area (Å²) in [5.41, 5.74) is 0.0582. The van der Waals surface area contributed by atoms with Crippen LogP contribution in [0.15, 0.2) is 30.3 Å². The fraction of sp³-hybridized carbons (Fsp3) is 0.688. The van der Waals surface area contributed by atoms with Crippen molar-refractivity contribution in [3.63, 3.8) is 0 Å². The molecule has 12 heteroatoms. The number of carboxylic acids is 1. The Morgan fingerprint density at radius 2 is 1.77 bits per heavy atom. The summed E-state index contributed by atoms with van der Waals surface area (Å²) < 4.78 is 18.3. The van der Waals surface area contributed by atoms with Crippen molar-refractivity contribution >= 4 is 23.8 Å². The van der Waals surface area contributed by atoms with E-state index in [1.54, 1.807) is 12.1 Å². The van der Waals surface area contributed by atoms with E-state index in [9.17, 15) is 24.3 Å². The molecule has 44 heavy (non-hydrogen) atoms. The van der Waals surface area contributed by atoms with Gasteiger partial charge in [-0.1, -0.05) is 44.2 Å². The SMILES string of the molecule is C[C@H]1[C@H](OC(=O)CCC(=O)NCCCC(=O)N[C@@H](Cc2ccccc2)C(=O)O)O[C@H]2O[C@]3(C)CC[C@H]4[C@H](C)CC[C@@H]1[C@@]24OO3. The Labute approximate surface area is 257 Å². The van der Waals surface area contributed by atoms with Gasteiger partial charge in [-0.25, -0.2) is 14.6 Å². The molecule has 1 spiro atoms. The van der Waals surface area contributed by atoms with Crippen molar-refractivity contribution in [1.82, 2.24) is 10.6 Å². The Morgan fingerprint density at radius 1 is 1.00 bits per heavy atom. The number of esters is 1. The number of hydrogen-bond donors (Lipinski definition) is 3. The van der Waals surface area contributed by atoms with E-state index in [1.165, 1.54) is 0 Å². The quantitative estimate of drug-likeness (QED) is 0.181. The lowest BCUT2D eigenvalue weighted by Gasteiger charge is -2.59. The van der Waals surface area contributed by atoms with Gasteiger partial charge in [-0.05, 0) is 50.0 Å². The van der Waals surface area contributed by atoms with Gasteiger partial charge in [0, 0.05) is 44.1 Å². The van der Waals surface area contributed by atoms with E-state index in [0.29, 0.717) is 18.8 Å². The lowest BCUT2D eigenvalue weighted by atomic mass is 9.58. The number of aliphatic carboxylic acids is 1. The number of fused-ring (bicyclic) bond motifs is 2. The highest BCUT2D eigenvalue weighted by molar-refractivity contribution is 5.84. The largest absolute Gasteiger partial charge is 0.480 e. The molecule has 12 nitrogen and oxygen atoms in total. The molecule has 4 saturated heterocycles. The molecule has 1 aromatic carbocycles. The molecule has 5 aliphatic rings. The monoisotopic (exact) mass is 616 g/mol. The van der Waals surface area contributed by atoms with Crippen LogP contribution in [0.2, 0.25) is 0 Å². The maximum atomic E-state index is 12.8. The van der Waals surface area contributed by atoms with Crippen LogP contribution in [0.3, 0.4) is 0 Å². The van der Waals surface area contributed by atoms with E-state index in [1.807, 2.05) is 32.0 Å². The van der Waals surface area contributed by atoms with Crippen LogP contribution in [0.25, 0.3) is 0 Å². The van der Waals surface area contributed by atoms with Crippen molar-refractivity contribution in [3.05, 3.63) is 35.9 Å². The molecule has 0 unspecified atom stereocenters. The number of carboxylic acid groups (broad SMARTS) is 1. The summed E-state index contributed by atoms with van der Waals surface area (Å²) in [6.45, 7) is 6.27. The van der Waals surface area contributed by atoms with E-state index in [0.717, 1.165) is 24.8 Å². The van der Waals surface area contributed by atoms with Crippen molar-refractivity contribution < 1.29 is 48.3 Å². The summed E-state index contributed by atoms with van der Waals surface area (Å²) in [6.07, 6.45) is 2.29. The Hall–Kier alpha value is -3.06. The first kappa shape index (κ1) is 32.3. The highest BCUT2D eigenvalue weighted by atomic mass is 17.3. The van der Waals surface area contributed by atoms with Gasteiger partial charge in [-0.15, -0.1) is 0 Å². The van der Waals surface area contributed by atoms with Gasteiger partial charge < -0.3 is 30.0 Å². The molecule has 6 rings (SSSR count). The molecule has 0 radical (unpaired) electrons. The number of ether oxygens (including phenoxy) is 3. The van der Waals surface area contributed by atoms with Crippen LogP contribution >= 0.6 is 0 Å². The molecule has 2 bridgehead atoms. The minimum absolute atomic E-state index is 0.0208. The first-order valence-corrected chi connectivity index (χ1v) is 15.7. The normalized spacial score (nSPS) is 34.6. The number of benzene rings is 1. The molecule has 0 aromatic heterocycles. The zero-order chi connectivity index (χ0) is 31.5. The molecule has 4 aliphatic heterocycles. The predicted octanol–water partition coefficient (Wildman–Crippen LogP) is 3.23. The van der Waals surface area contributed by atoms with Crippen molar-refractivity contribution in [2.75, 3.05) is 6.54 Å². The Balaban J connectivity index is 1.03. The van der Waals surface area contributed by atoms with Crippen LogP contribution in [0, 0.1) is 23.7 Å². The molecule has 5 fully saturated rings. The summed E-state index contributed by atoms with van der Waals surface area (Å²) in [6, 6.07) is 8.02. The number of carbonyl (C=O) groups is 4. The van der Waals surface area contributed by atoms with Gasteiger partial charge in [0.2, 0.25) is 23.9 Å². The molecule has 3 N–H and O–H groups in total. The van der Waals surface area contributed by atoms with E-state index in [4.69, 9.17) is 24.0 Å². The molecule has 242 valence electrons. The average Bonchev–Trinajstić information content (AvgIpc) is 3.22. The summed E-state index contributed by atoms with van der Waals surface area (Å²) >= 11 is 0. The van der Waals surface area contributed by atoms with Gasteiger partial charge in [0.1, 0.15) is 6.04 Å². The topological polar surface area (TPSA) is 159 Å². The third-order valence-corrected chi connectivity index (χ3v) is 9.72. The summed E-state index contributed by atoms with van der Waals surface area (Å²) in [5, 5.41) is 14.7. The van der Waals surface area contributed by atoms with Crippen LogP contribution in [-0.4, -0.2) is 65.4 Å². The van der Waals surface area contributed by atoms with Crippen molar-refractivity contribution in [1.29, 1.82) is 0 Å². The second kappa shape index (κ2) is 13.5. The van der Waals surface area contributed by atoms with Crippen molar-refractivity contribution in [2.24, 2.45) is 23.7 Å². The number of amides is 2. The number of nitrogens with one attached hydrogen (secondary N) is 2. The number of carbonyl (C=O) groups excluding carboxylic acids is 3. The zero-order valence-electron chi connectivity index (χ0n) is 25.6. The lowest BCUT2D eigenvalue weighted by molar-refractivity contribution is -0.576.